The Kier molecular flexibility index (Phi) is 8.02. The second-order valence-electron chi connectivity index (χ2n) is 10.1. The summed E-state index contributed by atoms with van der Waals surface area (Å²) in [4.78, 5) is 27.5. The van der Waals surface area contributed by atoms with E-state index in [0.29, 0.717) is 48.8 Å². The lowest BCUT2D eigenvalue weighted by Gasteiger charge is -2.32. The molecule has 0 unspecified atom stereocenters. The van der Waals surface area contributed by atoms with Crippen molar-refractivity contribution in [3.63, 3.8) is 0 Å². The van der Waals surface area contributed by atoms with Crippen molar-refractivity contribution in [1.82, 2.24) is 20.0 Å². The molecule has 0 spiro atoms. The SMILES string of the molecule is COCCNC(=O)c1ccc2nn(CC3CCN(C(=O)c4ccc(-c5ccccc5F)cc4)CC3)cc2c1C. The fourth-order valence-electron chi connectivity index (χ4n) is 5.24. The van der Waals surface area contributed by atoms with Crippen LogP contribution in [0.4, 0.5) is 4.39 Å². The third-order valence-electron chi connectivity index (χ3n) is 7.51. The number of carbonyl (C=O) groups is 2. The van der Waals surface area contributed by atoms with Crippen LogP contribution >= 0.6 is 0 Å². The number of nitrogens with zero attached hydrogens (tertiary/aromatic N) is 3. The highest BCUT2D eigenvalue weighted by molar-refractivity contribution is 6.00. The van der Waals surface area contributed by atoms with Crippen LogP contribution in [0.3, 0.4) is 0 Å². The summed E-state index contributed by atoms with van der Waals surface area (Å²) in [5.74, 6) is 0.0232. The largest absolute Gasteiger partial charge is 0.383 e. The van der Waals surface area contributed by atoms with Gasteiger partial charge < -0.3 is 15.0 Å². The van der Waals surface area contributed by atoms with Crippen molar-refractivity contribution < 1.29 is 18.7 Å². The molecule has 202 valence electrons. The predicted octanol–water partition coefficient (Wildman–Crippen LogP) is 5.08. The van der Waals surface area contributed by atoms with Crippen LogP contribution in [-0.4, -0.2) is 59.8 Å². The Balaban J connectivity index is 1.18. The first-order chi connectivity index (χ1) is 18.9. The number of hydrogen-bond donors (Lipinski definition) is 1. The maximum Gasteiger partial charge on any atom is 0.253 e. The molecule has 0 radical (unpaired) electrons. The molecular formula is C31H33FN4O3. The molecule has 1 saturated heterocycles. The van der Waals surface area contributed by atoms with Crippen LogP contribution in [0, 0.1) is 18.7 Å². The van der Waals surface area contributed by atoms with Crippen LogP contribution in [-0.2, 0) is 11.3 Å². The summed E-state index contributed by atoms with van der Waals surface area (Å²) < 4.78 is 21.1. The number of piperidine rings is 1. The van der Waals surface area contributed by atoms with Gasteiger partial charge in [0.2, 0.25) is 0 Å². The third kappa shape index (κ3) is 5.86. The van der Waals surface area contributed by atoms with Crippen LogP contribution in [0.15, 0.2) is 66.9 Å². The van der Waals surface area contributed by atoms with Gasteiger partial charge in [-0.1, -0.05) is 30.3 Å². The Morgan fingerprint density at radius 2 is 1.79 bits per heavy atom. The lowest BCUT2D eigenvalue weighted by molar-refractivity contribution is 0.0681. The van der Waals surface area contributed by atoms with Gasteiger partial charge in [0.05, 0.1) is 12.1 Å². The van der Waals surface area contributed by atoms with Gasteiger partial charge in [0.25, 0.3) is 11.8 Å². The minimum absolute atomic E-state index is 0.00490. The van der Waals surface area contributed by atoms with Crippen LogP contribution in [0.5, 0.6) is 0 Å². The molecule has 0 aliphatic carbocycles. The Morgan fingerprint density at radius 3 is 2.51 bits per heavy atom. The van der Waals surface area contributed by atoms with Crippen molar-refractivity contribution in [2.45, 2.75) is 26.3 Å². The summed E-state index contributed by atoms with van der Waals surface area (Å²) in [6.45, 7) is 5.02. The number of nitrogens with one attached hydrogen (secondary N) is 1. The first-order valence-corrected chi connectivity index (χ1v) is 13.3. The van der Waals surface area contributed by atoms with E-state index in [1.807, 2.05) is 34.8 Å². The second kappa shape index (κ2) is 11.8. The highest BCUT2D eigenvalue weighted by atomic mass is 19.1. The molecule has 0 saturated carbocycles. The number of aryl methyl sites for hydroxylation is 1. The van der Waals surface area contributed by atoms with Crippen molar-refractivity contribution in [3.8, 4) is 11.1 Å². The molecule has 5 rings (SSSR count). The summed E-state index contributed by atoms with van der Waals surface area (Å²) in [5, 5.41) is 8.59. The summed E-state index contributed by atoms with van der Waals surface area (Å²) in [5.41, 5.74) is 4.32. The maximum absolute atomic E-state index is 14.1. The highest BCUT2D eigenvalue weighted by Gasteiger charge is 2.24. The number of methoxy groups -OCH3 is 1. The monoisotopic (exact) mass is 528 g/mol. The lowest BCUT2D eigenvalue weighted by Crippen LogP contribution is -2.39. The molecule has 0 bridgehead atoms. The molecule has 2 heterocycles. The van der Waals surface area contributed by atoms with E-state index in [0.717, 1.165) is 41.4 Å². The molecule has 8 heteroatoms. The number of carbonyl (C=O) groups excluding carboxylic acids is 2. The molecule has 3 aromatic carbocycles. The quantitative estimate of drug-likeness (QED) is 0.324. The number of benzene rings is 3. The Labute approximate surface area is 227 Å². The van der Waals surface area contributed by atoms with Crippen molar-refractivity contribution >= 4 is 22.7 Å². The molecule has 1 aliphatic rings. The lowest BCUT2D eigenvalue weighted by atomic mass is 9.96. The molecule has 1 aromatic heterocycles. The zero-order valence-electron chi connectivity index (χ0n) is 22.3. The smallest absolute Gasteiger partial charge is 0.253 e. The van der Waals surface area contributed by atoms with Crippen LogP contribution < -0.4 is 5.32 Å². The predicted molar refractivity (Wildman–Crippen MR) is 149 cm³/mol. The average Bonchev–Trinajstić information content (AvgIpc) is 3.37. The first kappa shape index (κ1) is 26.6. The Hall–Kier alpha value is -4.04. The zero-order chi connectivity index (χ0) is 27.4. The number of aromatic nitrogens is 2. The van der Waals surface area contributed by atoms with Gasteiger partial charge in [0, 0.05) is 61.6 Å². The summed E-state index contributed by atoms with van der Waals surface area (Å²) in [6.07, 6.45) is 3.80. The summed E-state index contributed by atoms with van der Waals surface area (Å²) in [7, 11) is 1.61. The third-order valence-corrected chi connectivity index (χ3v) is 7.51. The summed E-state index contributed by atoms with van der Waals surface area (Å²) in [6, 6.07) is 17.5. The molecule has 4 aromatic rings. The number of halogens is 1. The average molecular weight is 529 g/mol. The van der Waals surface area contributed by atoms with E-state index >= 15 is 0 Å². The standard InChI is InChI=1S/C31H33FN4O3/c1-21-25(30(37)33-15-18-39-2)11-12-29-27(21)20-36(34-29)19-22-13-16-35(17-14-22)31(38)24-9-7-23(8-10-24)26-5-3-4-6-28(26)32/h3-12,20,22H,13-19H2,1-2H3,(H,33,37). The Morgan fingerprint density at radius 1 is 1.05 bits per heavy atom. The van der Waals surface area contributed by atoms with Gasteiger partial charge >= 0.3 is 0 Å². The van der Waals surface area contributed by atoms with Crippen molar-refractivity contribution in [2.24, 2.45) is 5.92 Å². The topological polar surface area (TPSA) is 76.5 Å². The number of fused-ring (bicyclic) bond motifs is 1. The van der Waals surface area contributed by atoms with E-state index in [-0.39, 0.29) is 17.6 Å². The van der Waals surface area contributed by atoms with Gasteiger partial charge in [0.1, 0.15) is 5.82 Å². The van der Waals surface area contributed by atoms with Gasteiger partial charge in [-0.25, -0.2) is 4.39 Å². The molecule has 0 atom stereocenters. The maximum atomic E-state index is 14.1. The second-order valence-corrected chi connectivity index (χ2v) is 10.1. The summed E-state index contributed by atoms with van der Waals surface area (Å²) >= 11 is 0. The van der Waals surface area contributed by atoms with E-state index in [4.69, 9.17) is 9.84 Å². The van der Waals surface area contributed by atoms with Gasteiger partial charge in [-0.2, -0.15) is 5.10 Å². The van der Waals surface area contributed by atoms with E-state index in [1.165, 1.54) is 6.07 Å². The van der Waals surface area contributed by atoms with Crippen molar-refractivity contribution in [2.75, 3.05) is 33.4 Å². The Bertz CT molecular complexity index is 1470. The van der Waals surface area contributed by atoms with Gasteiger partial charge in [0.15, 0.2) is 0 Å². The molecular weight excluding hydrogens is 495 g/mol. The molecule has 1 fully saturated rings. The fraction of sp³-hybridized carbons (Fsp3) is 0.323. The zero-order valence-corrected chi connectivity index (χ0v) is 22.3. The minimum atomic E-state index is -0.275. The van der Waals surface area contributed by atoms with Gasteiger partial charge in [-0.05, 0) is 67.1 Å². The van der Waals surface area contributed by atoms with E-state index < -0.39 is 0 Å². The molecule has 1 N–H and O–H groups in total. The van der Waals surface area contributed by atoms with Crippen molar-refractivity contribution in [1.29, 1.82) is 0 Å². The van der Waals surface area contributed by atoms with Gasteiger partial charge in [-0.3, -0.25) is 14.3 Å². The van der Waals surface area contributed by atoms with Crippen LogP contribution in [0.25, 0.3) is 22.0 Å². The number of amides is 2. The molecule has 39 heavy (non-hydrogen) atoms. The van der Waals surface area contributed by atoms with Crippen LogP contribution in [0.1, 0.15) is 39.1 Å². The number of ether oxygens (including phenoxy) is 1. The van der Waals surface area contributed by atoms with Gasteiger partial charge in [-0.15, -0.1) is 0 Å². The number of hydrogen-bond acceptors (Lipinski definition) is 4. The number of likely N-dealkylation sites (tertiary alicyclic amines) is 1. The van der Waals surface area contributed by atoms with E-state index in [9.17, 15) is 14.0 Å². The van der Waals surface area contributed by atoms with E-state index in [1.54, 1.807) is 49.6 Å². The van der Waals surface area contributed by atoms with Crippen LogP contribution in [0.2, 0.25) is 0 Å². The normalized spacial score (nSPS) is 14.1. The first-order valence-electron chi connectivity index (χ1n) is 13.3. The highest BCUT2D eigenvalue weighted by Crippen LogP contribution is 2.26. The van der Waals surface area contributed by atoms with E-state index in [2.05, 4.69) is 5.32 Å². The molecule has 1 aliphatic heterocycles. The molecule has 2 amide bonds. The van der Waals surface area contributed by atoms with Crippen molar-refractivity contribution in [3.05, 3.63) is 89.4 Å². The fourth-order valence-corrected chi connectivity index (χ4v) is 5.24. The molecule has 7 nitrogen and oxygen atoms in total. The number of rotatable bonds is 8. The minimum Gasteiger partial charge on any atom is -0.383 e.